The van der Waals surface area contributed by atoms with Gasteiger partial charge in [-0.2, -0.15) is 0 Å². The number of aliphatic hydroxyl groups is 4. The Labute approximate surface area is 116 Å². The van der Waals surface area contributed by atoms with Crippen molar-refractivity contribution in [3.8, 4) is 0 Å². The van der Waals surface area contributed by atoms with E-state index in [-0.39, 0.29) is 6.42 Å². The van der Waals surface area contributed by atoms with Crippen LogP contribution in [0.5, 0.6) is 0 Å². The van der Waals surface area contributed by atoms with E-state index in [1.807, 2.05) is 0 Å². The molecule has 1 aliphatic rings. The highest BCUT2D eigenvalue weighted by atomic mass is 16.6. The molecule has 1 fully saturated rings. The zero-order valence-electron chi connectivity index (χ0n) is 11.5. The molecule has 20 heavy (non-hydrogen) atoms. The summed E-state index contributed by atoms with van der Waals surface area (Å²) in [5, 5.41) is 47.6. The van der Waals surface area contributed by atoms with Crippen LogP contribution in [0.1, 0.15) is 20.3 Å². The third-order valence-electron chi connectivity index (χ3n) is 3.89. The van der Waals surface area contributed by atoms with Crippen LogP contribution in [0.2, 0.25) is 0 Å². The highest BCUT2D eigenvalue weighted by Crippen LogP contribution is 2.36. The molecule has 0 aromatic heterocycles. The SMILES string of the molecule is CC(C)[C@]1(C(=O)O)C[C@H](O)[C@@H](N)[C@H]([C@H](O)[C@H](O)CO)O1. The molecule has 1 saturated heterocycles. The molecule has 0 radical (unpaired) electrons. The lowest BCUT2D eigenvalue weighted by atomic mass is 9.78. The van der Waals surface area contributed by atoms with Gasteiger partial charge in [0, 0.05) is 6.42 Å². The molecule has 0 aliphatic carbocycles. The summed E-state index contributed by atoms with van der Waals surface area (Å²) >= 11 is 0. The van der Waals surface area contributed by atoms with Gasteiger partial charge < -0.3 is 36.0 Å². The second kappa shape index (κ2) is 6.33. The molecule has 1 heterocycles. The van der Waals surface area contributed by atoms with Crippen molar-refractivity contribution >= 4 is 5.97 Å². The van der Waals surface area contributed by atoms with E-state index >= 15 is 0 Å². The number of carboxylic acids is 1. The van der Waals surface area contributed by atoms with Crippen LogP contribution in [0.25, 0.3) is 0 Å². The van der Waals surface area contributed by atoms with E-state index in [4.69, 9.17) is 15.6 Å². The third-order valence-corrected chi connectivity index (χ3v) is 3.89. The summed E-state index contributed by atoms with van der Waals surface area (Å²) in [6.07, 6.45) is -5.83. The molecule has 0 aromatic rings. The lowest BCUT2D eigenvalue weighted by Gasteiger charge is -2.47. The van der Waals surface area contributed by atoms with Gasteiger partial charge in [-0.05, 0) is 5.92 Å². The van der Waals surface area contributed by atoms with E-state index < -0.39 is 54.6 Å². The Balaban J connectivity index is 3.09. The number of hydrogen-bond donors (Lipinski definition) is 6. The van der Waals surface area contributed by atoms with Gasteiger partial charge in [0.25, 0.3) is 0 Å². The first-order valence-corrected chi connectivity index (χ1v) is 6.49. The lowest BCUT2D eigenvalue weighted by molar-refractivity contribution is -0.236. The molecule has 7 N–H and O–H groups in total. The molecule has 0 saturated carbocycles. The van der Waals surface area contributed by atoms with Gasteiger partial charge in [-0.3, -0.25) is 0 Å². The van der Waals surface area contributed by atoms with Gasteiger partial charge in [-0.25, -0.2) is 4.79 Å². The van der Waals surface area contributed by atoms with Crippen LogP contribution < -0.4 is 5.73 Å². The van der Waals surface area contributed by atoms with E-state index in [0.717, 1.165) is 0 Å². The maximum Gasteiger partial charge on any atom is 0.336 e. The van der Waals surface area contributed by atoms with Gasteiger partial charge >= 0.3 is 5.97 Å². The van der Waals surface area contributed by atoms with Crippen molar-refractivity contribution in [2.45, 2.75) is 56.3 Å². The van der Waals surface area contributed by atoms with Crippen molar-refractivity contribution in [1.29, 1.82) is 0 Å². The molecule has 1 aliphatic heterocycles. The van der Waals surface area contributed by atoms with Crippen molar-refractivity contribution in [2.75, 3.05) is 6.61 Å². The summed E-state index contributed by atoms with van der Waals surface area (Å²) < 4.78 is 5.46. The largest absolute Gasteiger partial charge is 0.479 e. The van der Waals surface area contributed by atoms with Gasteiger partial charge in [0.15, 0.2) is 5.60 Å². The average molecular weight is 293 g/mol. The van der Waals surface area contributed by atoms with Crippen molar-refractivity contribution in [3.05, 3.63) is 0 Å². The smallest absolute Gasteiger partial charge is 0.336 e. The van der Waals surface area contributed by atoms with Crippen LogP contribution in [0.15, 0.2) is 0 Å². The zero-order valence-corrected chi connectivity index (χ0v) is 11.5. The van der Waals surface area contributed by atoms with Crippen LogP contribution in [0, 0.1) is 5.92 Å². The highest BCUT2D eigenvalue weighted by Gasteiger charge is 2.54. The number of ether oxygens (including phenoxy) is 1. The van der Waals surface area contributed by atoms with Crippen molar-refractivity contribution in [1.82, 2.24) is 0 Å². The second-order valence-corrected chi connectivity index (χ2v) is 5.52. The first-order valence-electron chi connectivity index (χ1n) is 6.49. The fraction of sp³-hybridized carbons (Fsp3) is 0.917. The molecule has 0 aromatic carbocycles. The number of nitrogens with two attached hydrogens (primary N) is 1. The summed E-state index contributed by atoms with van der Waals surface area (Å²) in [5.74, 6) is -1.75. The van der Waals surface area contributed by atoms with Crippen LogP contribution in [-0.2, 0) is 9.53 Å². The monoisotopic (exact) mass is 293 g/mol. The van der Waals surface area contributed by atoms with Gasteiger partial charge in [-0.15, -0.1) is 0 Å². The predicted molar refractivity (Wildman–Crippen MR) is 67.8 cm³/mol. The highest BCUT2D eigenvalue weighted by molar-refractivity contribution is 5.78. The number of aliphatic hydroxyl groups excluding tert-OH is 4. The minimum absolute atomic E-state index is 0.209. The number of carboxylic acid groups (broad SMARTS) is 1. The predicted octanol–water partition coefficient (Wildman–Crippen LogP) is -2.34. The summed E-state index contributed by atoms with van der Waals surface area (Å²) in [6.45, 7) is 2.50. The van der Waals surface area contributed by atoms with Crippen molar-refractivity contribution in [3.63, 3.8) is 0 Å². The minimum atomic E-state index is -1.70. The minimum Gasteiger partial charge on any atom is -0.479 e. The standard InChI is InChI=1S/C12H23NO7/c1-5(2)12(11(18)19)3-6(15)8(13)10(20-12)9(17)7(16)4-14/h5-10,14-17H,3-4,13H2,1-2H3,(H,18,19)/t6-,7+,8+,9+,10+,12-/m0/s1. The van der Waals surface area contributed by atoms with Crippen molar-refractivity contribution in [2.24, 2.45) is 11.7 Å². The van der Waals surface area contributed by atoms with Gasteiger partial charge in [0.05, 0.1) is 18.8 Å². The fourth-order valence-corrected chi connectivity index (χ4v) is 2.42. The summed E-state index contributed by atoms with van der Waals surface area (Å²) in [4.78, 5) is 11.5. The fourth-order valence-electron chi connectivity index (χ4n) is 2.42. The molecular weight excluding hydrogens is 270 g/mol. The Bertz CT molecular complexity index is 351. The maximum absolute atomic E-state index is 11.5. The molecule has 6 atom stereocenters. The van der Waals surface area contributed by atoms with E-state index in [1.54, 1.807) is 13.8 Å². The Morgan fingerprint density at radius 1 is 1.45 bits per heavy atom. The van der Waals surface area contributed by atoms with Gasteiger partial charge in [0.1, 0.15) is 18.3 Å². The van der Waals surface area contributed by atoms with Gasteiger partial charge in [0.2, 0.25) is 0 Å². The lowest BCUT2D eigenvalue weighted by Crippen LogP contribution is -2.67. The zero-order chi connectivity index (χ0) is 15.7. The average Bonchev–Trinajstić information content (AvgIpc) is 2.39. The molecule has 0 unspecified atom stereocenters. The Kier molecular flexibility index (Phi) is 5.47. The quantitative estimate of drug-likeness (QED) is 0.329. The summed E-state index contributed by atoms with van der Waals surface area (Å²) in [6, 6.07) is -1.06. The number of carbonyl (C=O) groups is 1. The van der Waals surface area contributed by atoms with Crippen molar-refractivity contribution < 1.29 is 35.1 Å². The van der Waals surface area contributed by atoms with E-state index in [0.29, 0.717) is 0 Å². The Hall–Kier alpha value is -0.770. The number of aliphatic carboxylic acids is 1. The van der Waals surface area contributed by atoms with Crippen LogP contribution in [0.4, 0.5) is 0 Å². The first kappa shape index (κ1) is 17.3. The molecular formula is C12H23NO7. The Morgan fingerprint density at radius 3 is 2.40 bits per heavy atom. The molecule has 0 spiro atoms. The van der Waals surface area contributed by atoms with Crippen LogP contribution in [0.3, 0.4) is 0 Å². The van der Waals surface area contributed by atoms with E-state index in [9.17, 15) is 25.2 Å². The maximum atomic E-state index is 11.5. The second-order valence-electron chi connectivity index (χ2n) is 5.52. The summed E-state index contributed by atoms with van der Waals surface area (Å²) in [7, 11) is 0. The number of rotatable bonds is 5. The molecule has 118 valence electrons. The topological polar surface area (TPSA) is 153 Å². The third kappa shape index (κ3) is 2.95. The molecule has 1 rings (SSSR count). The van der Waals surface area contributed by atoms with Gasteiger partial charge in [-0.1, -0.05) is 13.8 Å². The number of hydrogen-bond acceptors (Lipinski definition) is 7. The summed E-state index contributed by atoms with van der Waals surface area (Å²) in [5.41, 5.74) is 4.02. The van der Waals surface area contributed by atoms with E-state index in [1.165, 1.54) is 0 Å². The molecule has 8 nitrogen and oxygen atoms in total. The normalized spacial score (nSPS) is 37.7. The van der Waals surface area contributed by atoms with E-state index in [2.05, 4.69) is 0 Å². The molecule has 0 bridgehead atoms. The molecule has 8 heteroatoms. The first-order chi connectivity index (χ1) is 9.17. The Morgan fingerprint density at radius 2 is 2.00 bits per heavy atom. The van der Waals surface area contributed by atoms with Crippen LogP contribution >= 0.6 is 0 Å². The molecule has 0 amide bonds. The van der Waals surface area contributed by atoms with Crippen LogP contribution in [-0.4, -0.2) is 74.2 Å².